The van der Waals surface area contributed by atoms with Gasteiger partial charge in [0.1, 0.15) is 11.4 Å². The maximum absolute atomic E-state index is 11.7. The van der Waals surface area contributed by atoms with E-state index >= 15 is 0 Å². The van der Waals surface area contributed by atoms with Crippen molar-refractivity contribution in [3.63, 3.8) is 0 Å². The number of carbonyl (C=O) groups is 1. The van der Waals surface area contributed by atoms with Crippen molar-refractivity contribution in [3.05, 3.63) is 28.2 Å². The van der Waals surface area contributed by atoms with Crippen molar-refractivity contribution in [2.45, 2.75) is 20.4 Å². The lowest BCUT2D eigenvalue weighted by Gasteiger charge is -2.19. The van der Waals surface area contributed by atoms with Gasteiger partial charge < -0.3 is 19.7 Å². The molecule has 0 saturated heterocycles. The molecule has 0 aliphatic carbocycles. The van der Waals surface area contributed by atoms with Crippen molar-refractivity contribution >= 4 is 5.97 Å². The fourth-order valence-corrected chi connectivity index (χ4v) is 1.77. The van der Waals surface area contributed by atoms with Crippen LogP contribution in [0.3, 0.4) is 0 Å². The van der Waals surface area contributed by atoms with Gasteiger partial charge in [0.05, 0.1) is 0 Å². The molecular weight excluding hydrogens is 236 g/mol. The molecule has 0 aliphatic heterocycles. The second-order valence-corrected chi connectivity index (χ2v) is 3.92. The van der Waals surface area contributed by atoms with Gasteiger partial charge in [-0.25, -0.2) is 4.79 Å². The lowest BCUT2D eigenvalue weighted by atomic mass is 10.3. The SMILES string of the molecule is CCN(CC)CCn1c(C(=O)O)cc(O)cc1=O. The lowest BCUT2D eigenvalue weighted by molar-refractivity contribution is 0.0681. The van der Waals surface area contributed by atoms with Crippen LogP contribution in [0.5, 0.6) is 5.75 Å². The Balaban J connectivity index is 3.00. The molecule has 0 fully saturated rings. The molecule has 0 radical (unpaired) electrons. The van der Waals surface area contributed by atoms with Gasteiger partial charge in [0.25, 0.3) is 5.56 Å². The van der Waals surface area contributed by atoms with Crippen LogP contribution in [0, 0.1) is 0 Å². The van der Waals surface area contributed by atoms with E-state index in [1.54, 1.807) is 0 Å². The Morgan fingerprint density at radius 3 is 2.44 bits per heavy atom. The summed E-state index contributed by atoms with van der Waals surface area (Å²) in [5.74, 6) is -1.54. The Kier molecular flexibility index (Phi) is 4.91. The van der Waals surface area contributed by atoms with Crippen molar-refractivity contribution in [2.24, 2.45) is 0 Å². The monoisotopic (exact) mass is 254 g/mol. The first kappa shape index (κ1) is 14.2. The highest BCUT2D eigenvalue weighted by molar-refractivity contribution is 5.86. The molecule has 0 aromatic carbocycles. The molecule has 1 aromatic heterocycles. The number of carboxylic acid groups (broad SMARTS) is 1. The summed E-state index contributed by atoms with van der Waals surface area (Å²) in [5, 5.41) is 18.3. The maximum Gasteiger partial charge on any atom is 0.352 e. The van der Waals surface area contributed by atoms with Crippen molar-refractivity contribution < 1.29 is 15.0 Å². The van der Waals surface area contributed by atoms with Crippen molar-refractivity contribution in [3.8, 4) is 5.75 Å². The van der Waals surface area contributed by atoms with Crippen LogP contribution >= 0.6 is 0 Å². The van der Waals surface area contributed by atoms with Gasteiger partial charge in [0.15, 0.2) is 0 Å². The van der Waals surface area contributed by atoms with Crippen LogP contribution in [-0.4, -0.2) is 45.3 Å². The molecule has 0 unspecified atom stereocenters. The fraction of sp³-hybridized carbons (Fsp3) is 0.500. The van der Waals surface area contributed by atoms with Gasteiger partial charge >= 0.3 is 5.97 Å². The molecule has 6 heteroatoms. The average molecular weight is 254 g/mol. The molecule has 0 bridgehead atoms. The zero-order valence-electron chi connectivity index (χ0n) is 10.6. The zero-order chi connectivity index (χ0) is 13.7. The molecule has 1 aromatic rings. The smallest absolute Gasteiger partial charge is 0.352 e. The Morgan fingerprint density at radius 1 is 1.33 bits per heavy atom. The largest absolute Gasteiger partial charge is 0.508 e. The number of rotatable bonds is 6. The van der Waals surface area contributed by atoms with Crippen LogP contribution in [0.15, 0.2) is 16.9 Å². The van der Waals surface area contributed by atoms with Crippen LogP contribution in [0.25, 0.3) is 0 Å². The van der Waals surface area contributed by atoms with E-state index in [9.17, 15) is 14.7 Å². The second kappa shape index (κ2) is 6.20. The molecule has 0 aliphatic rings. The molecule has 0 atom stereocenters. The minimum atomic E-state index is -1.22. The number of pyridine rings is 1. The predicted octanol–water partition coefficient (Wildman–Crippen LogP) is 0.594. The second-order valence-electron chi connectivity index (χ2n) is 3.92. The summed E-state index contributed by atoms with van der Waals surface area (Å²) in [5.41, 5.74) is -0.688. The first-order valence-corrected chi connectivity index (χ1v) is 5.89. The van der Waals surface area contributed by atoms with E-state index in [4.69, 9.17) is 5.11 Å². The number of nitrogens with zero attached hydrogens (tertiary/aromatic N) is 2. The van der Waals surface area contributed by atoms with Crippen LogP contribution < -0.4 is 5.56 Å². The molecule has 1 rings (SSSR count). The molecular formula is C12H18N2O4. The number of aromatic carboxylic acids is 1. The van der Waals surface area contributed by atoms with Gasteiger partial charge in [0, 0.05) is 25.2 Å². The minimum absolute atomic E-state index is 0.188. The maximum atomic E-state index is 11.7. The molecule has 6 nitrogen and oxygen atoms in total. The van der Waals surface area contributed by atoms with E-state index in [1.807, 2.05) is 13.8 Å². The normalized spacial score (nSPS) is 10.8. The average Bonchev–Trinajstić information content (AvgIpc) is 2.31. The number of carboxylic acids is 1. The Hall–Kier alpha value is -1.82. The number of aromatic hydroxyl groups is 1. The van der Waals surface area contributed by atoms with Crippen molar-refractivity contribution in [1.29, 1.82) is 0 Å². The number of hydrogen-bond acceptors (Lipinski definition) is 4. The van der Waals surface area contributed by atoms with Gasteiger partial charge in [-0.15, -0.1) is 0 Å². The highest BCUT2D eigenvalue weighted by Gasteiger charge is 2.13. The molecule has 100 valence electrons. The lowest BCUT2D eigenvalue weighted by Crippen LogP contribution is -2.33. The number of aromatic nitrogens is 1. The topological polar surface area (TPSA) is 82.8 Å². The van der Waals surface area contributed by atoms with Crippen LogP contribution in [-0.2, 0) is 6.54 Å². The first-order chi connectivity index (χ1) is 8.49. The minimum Gasteiger partial charge on any atom is -0.508 e. The van der Waals surface area contributed by atoms with Crippen molar-refractivity contribution in [1.82, 2.24) is 9.47 Å². The molecule has 1 heterocycles. The van der Waals surface area contributed by atoms with Crippen LogP contribution in [0.4, 0.5) is 0 Å². The van der Waals surface area contributed by atoms with Crippen LogP contribution in [0.1, 0.15) is 24.3 Å². The van der Waals surface area contributed by atoms with Gasteiger partial charge in [-0.05, 0) is 13.1 Å². The van der Waals surface area contributed by atoms with E-state index in [1.165, 1.54) is 4.57 Å². The van der Waals surface area contributed by atoms with Gasteiger partial charge in [-0.3, -0.25) is 4.79 Å². The summed E-state index contributed by atoms with van der Waals surface area (Å²) in [6, 6.07) is 2.11. The van der Waals surface area contributed by atoms with E-state index in [0.717, 1.165) is 25.2 Å². The van der Waals surface area contributed by atoms with E-state index in [0.29, 0.717) is 13.1 Å². The van der Waals surface area contributed by atoms with Gasteiger partial charge in [0.2, 0.25) is 0 Å². The van der Waals surface area contributed by atoms with Gasteiger partial charge in [-0.1, -0.05) is 13.8 Å². The van der Waals surface area contributed by atoms with E-state index in [2.05, 4.69) is 4.90 Å². The Bertz CT molecular complexity index is 477. The summed E-state index contributed by atoms with van der Waals surface area (Å²) in [6.07, 6.45) is 0. The summed E-state index contributed by atoms with van der Waals surface area (Å²) >= 11 is 0. The Morgan fingerprint density at radius 2 is 1.94 bits per heavy atom. The van der Waals surface area contributed by atoms with E-state index < -0.39 is 11.5 Å². The summed E-state index contributed by atoms with van der Waals surface area (Å²) in [4.78, 5) is 24.8. The zero-order valence-corrected chi connectivity index (χ0v) is 10.6. The molecule has 0 amide bonds. The Labute approximate surface area is 105 Å². The fourth-order valence-electron chi connectivity index (χ4n) is 1.77. The van der Waals surface area contributed by atoms with Crippen LogP contribution in [0.2, 0.25) is 0 Å². The highest BCUT2D eigenvalue weighted by atomic mass is 16.4. The molecule has 18 heavy (non-hydrogen) atoms. The van der Waals surface area contributed by atoms with Crippen molar-refractivity contribution in [2.75, 3.05) is 19.6 Å². The highest BCUT2D eigenvalue weighted by Crippen LogP contribution is 2.08. The molecule has 0 saturated carbocycles. The quantitative estimate of drug-likeness (QED) is 0.776. The third kappa shape index (κ3) is 3.33. The third-order valence-corrected chi connectivity index (χ3v) is 2.87. The van der Waals surface area contributed by atoms with E-state index in [-0.39, 0.29) is 11.4 Å². The molecule has 0 spiro atoms. The third-order valence-electron chi connectivity index (χ3n) is 2.87. The number of likely N-dealkylation sites (N-methyl/N-ethyl adjacent to an activating group) is 1. The summed E-state index contributed by atoms with van der Waals surface area (Å²) < 4.78 is 1.17. The summed E-state index contributed by atoms with van der Waals surface area (Å²) in [7, 11) is 0. The molecule has 2 N–H and O–H groups in total. The standard InChI is InChI=1S/C12H18N2O4/c1-3-13(4-2)5-6-14-10(12(17)18)7-9(15)8-11(14)16/h7-8,15H,3-6H2,1-2H3,(H,17,18). The number of hydrogen-bond donors (Lipinski definition) is 2. The predicted molar refractivity (Wildman–Crippen MR) is 67.1 cm³/mol. The van der Waals surface area contributed by atoms with Gasteiger partial charge in [-0.2, -0.15) is 0 Å². The first-order valence-electron chi connectivity index (χ1n) is 5.89. The summed E-state index contributed by atoms with van der Waals surface area (Å²) in [6.45, 7) is 6.57.